The highest BCUT2D eigenvalue weighted by atomic mass is 32.2. The molecule has 0 saturated carbocycles. The lowest BCUT2D eigenvalue weighted by atomic mass is 10.3. The van der Waals surface area contributed by atoms with Crippen LogP contribution in [0.25, 0.3) is 0 Å². The molecule has 5 heteroatoms. The minimum atomic E-state index is 0.307. The van der Waals surface area contributed by atoms with E-state index in [0.717, 1.165) is 4.21 Å². The molecule has 62 valence electrons. The third kappa shape index (κ3) is 1.31. The van der Waals surface area contributed by atoms with Gasteiger partial charge in [-0.2, -0.15) is 5.26 Å². The van der Waals surface area contributed by atoms with Gasteiger partial charge in [0.25, 0.3) is 0 Å². The summed E-state index contributed by atoms with van der Waals surface area (Å²) in [4.78, 5) is 10.9. The molecule has 0 unspecified atom stereocenters. The first-order valence-corrected chi connectivity index (χ1v) is 5.10. The number of hydrogen-bond acceptors (Lipinski definition) is 5. The predicted molar refractivity (Wildman–Crippen MR) is 50.6 cm³/mol. The highest BCUT2D eigenvalue weighted by Gasteiger charge is 2.13. The van der Waals surface area contributed by atoms with Crippen molar-refractivity contribution in [3.8, 4) is 6.07 Å². The highest BCUT2D eigenvalue weighted by molar-refractivity contribution is 8.00. The fourth-order valence-corrected chi connectivity index (χ4v) is 2.46. The summed E-state index contributed by atoms with van der Waals surface area (Å²) in [6, 6.07) is 1.98. The normalized spacial score (nSPS) is 9.33. The van der Waals surface area contributed by atoms with Gasteiger partial charge in [0.15, 0.2) is 6.29 Å². The molecule has 0 radical (unpaired) electrons. The molecule has 12 heavy (non-hydrogen) atoms. The summed E-state index contributed by atoms with van der Waals surface area (Å²) in [7, 11) is 0. The van der Waals surface area contributed by atoms with Gasteiger partial charge in [-0.05, 0) is 6.26 Å². The van der Waals surface area contributed by atoms with E-state index in [-0.39, 0.29) is 0 Å². The molecular weight excluding hydrogens is 192 g/mol. The predicted octanol–water partition coefficient (Wildman–Crippen LogP) is 1.74. The number of thiophene rings is 1. The average molecular weight is 198 g/mol. The maximum Gasteiger partial charge on any atom is 0.162 e. The number of nitriles is 1. The smallest absolute Gasteiger partial charge is 0.162 e. The lowest BCUT2D eigenvalue weighted by Crippen LogP contribution is -1.89. The highest BCUT2D eigenvalue weighted by Crippen LogP contribution is 2.35. The van der Waals surface area contributed by atoms with Gasteiger partial charge < -0.3 is 5.73 Å². The third-order valence-electron chi connectivity index (χ3n) is 1.35. The molecule has 0 aliphatic rings. The van der Waals surface area contributed by atoms with Gasteiger partial charge in [-0.3, -0.25) is 4.79 Å². The first-order chi connectivity index (χ1) is 5.74. The number of nitrogens with zero attached hydrogens (tertiary/aromatic N) is 1. The first-order valence-electron chi connectivity index (χ1n) is 3.06. The van der Waals surface area contributed by atoms with Crippen molar-refractivity contribution in [3.05, 3.63) is 10.4 Å². The van der Waals surface area contributed by atoms with Crippen molar-refractivity contribution in [2.24, 2.45) is 0 Å². The molecule has 0 fully saturated rings. The fraction of sp³-hybridized carbons (Fsp3) is 0.143. The Bertz CT molecular complexity index is 351. The topological polar surface area (TPSA) is 66.9 Å². The molecular formula is C7H6N2OS2. The van der Waals surface area contributed by atoms with Crippen molar-refractivity contribution in [2.45, 2.75) is 4.21 Å². The quantitative estimate of drug-likeness (QED) is 0.580. The van der Waals surface area contributed by atoms with Crippen molar-refractivity contribution < 1.29 is 4.79 Å². The monoisotopic (exact) mass is 198 g/mol. The van der Waals surface area contributed by atoms with Gasteiger partial charge in [0.05, 0.1) is 14.8 Å². The van der Waals surface area contributed by atoms with E-state index in [1.54, 1.807) is 0 Å². The molecule has 0 spiro atoms. The maximum atomic E-state index is 10.4. The number of nitrogen functional groups attached to an aromatic ring is 1. The van der Waals surface area contributed by atoms with Crippen LogP contribution in [-0.4, -0.2) is 12.5 Å². The zero-order valence-corrected chi connectivity index (χ0v) is 7.96. The van der Waals surface area contributed by atoms with E-state index in [9.17, 15) is 4.79 Å². The van der Waals surface area contributed by atoms with Crippen LogP contribution in [0, 0.1) is 11.3 Å². The Morgan fingerprint density at radius 3 is 2.75 bits per heavy atom. The van der Waals surface area contributed by atoms with Crippen LogP contribution in [0.3, 0.4) is 0 Å². The summed E-state index contributed by atoms with van der Waals surface area (Å²) in [5.41, 5.74) is 6.28. The van der Waals surface area contributed by atoms with Crippen LogP contribution in [0.15, 0.2) is 4.21 Å². The number of aldehydes is 1. The van der Waals surface area contributed by atoms with Crippen LogP contribution in [0.2, 0.25) is 0 Å². The first kappa shape index (κ1) is 9.10. The van der Waals surface area contributed by atoms with Gasteiger partial charge >= 0.3 is 0 Å². The zero-order chi connectivity index (χ0) is 9.14. The molecule has 1 aromatic rings. The van der Waals surface area contributed by atoms with Crippen LogP contribution in [-0.2, 0) is 0 Å². The van der Waals surface area contributed by atoms with Gasteiger partial charge in [-0.1, -0.05) is 0 Å². The number of hydrogen-bond donors (Lipinski definition) is 1. The Hall–Kier alpha value is -0.990. The summed E-state index contributed by atoms with van der Waals surface area (Å²) in [5, 5.41) is 8.69. The Labute approximate surface area is 78.2 Å². The third-order valence-corrected chi connectivity index (χ3v) is 3.60. The van der Waals surface area contributed by atoms with E-state index >= 15 is 0 Å². The van der Waals surface area contributed by atoms with Gasteiger partial charge in [0.1, 0.15) is 11.6 Å². The molecule has 0 amide bonds. The van der Waals surface area contributed by atoms with E-state index in [1.807, 2.05) is 12.3 Å². The van der Waals surface area contributed by atoms with Crippen molar-refractivity contribution >= 4 is 35.1 Å². The number of thioether (sulfide) groups is 1. The lowest BCUT2D eigenvalue weighted by Gasteiger charge is -1.88. The lowest BCUT2D eigenvalue weighted by molar-refractivity contribution is 0.112. The summed E-state index contributed by atoms with van der Waals surface area (Å²) < 4.78 is 0.803. The number of rotatable bonds is 2. The Kier molecular flexibility index (Phi) is 2.74. The van der Waals surface area contributed by atoms with Crippen molar-refractivity contribution in [1.82, 2.24) is 0 Å². The minimum absolute atomic E-state index is 0.307. The summed E-state index contributed by atoms with van der Waals surface area (Å²) in [6.07, 6.45) is 2.53. The largest absolute Gasteiger partial charge is 0.396 e. The van der Waals surface area contributed by atoms with Crippen molar-refractivity contribution in [2.75, 3.05) is 12.0 Å². The molecule has 0 aromatic carbocycles. The van der Waals surface area contributed by atoms with Crippen molar-refractivity contribution in [1.29, 1.82) is 5.26 Å². The van der Waals surface area contributed by atoms with E-state index < -0.39 is 0 Å². The van der Waals surface area contributed by atoms with Crippen LogP contribution in [0.5, 0.6) is 0 Å². The zero-order valence-electron chi connectivity index (χ0n) is 6.33. The number of anilines is 1. The van der Waals surface area contributed by atoms with Gasteiger partial charge in [0.2, 0.25) is 0 Å². The molecule has 0 bridgehead atoms. The maximum absolute atomic E-state index is 10.4. The summed E-state index contributed by atoms with van der Waals surface area (Å²) >= 11 is 2.69. The SMILES string of the molecule is CSc1sc(C=O)c(N)c1C#N. The van der Waals surface area contributed by atoms with Crippen LogP contribution < -0.4 is 5.73 Å². The second kappa shape index (κ2) is 3.61. The van der Waals surface area contributed by atoms with Crippen LogP contribution >= 0.6 is 23.1 Å². The van der Waals surface area contributed by atoms with Gasteiger partial charge in [-0.15, -0.1) is 23.1 Å². The summed E-state index contributed by atoms with van der Waals surface area (Å²) in [6.45, 7) is 0. The number of carbonyl (C=O) groups excluding carboxylic acids is 1. The average Bonchev–Trinajstić information content (AvgIpc) is 2.41. The minimum Gasteiger partial charge on any atom is -0.396 e. The molecule has 0 aliphatic heterocycles. The van der Waals surface area contributed by atoms with E-state index in [4.69, 9.17) is 11.0 Å². The molecule has 3 nitrogen and oxygen atoms in total. The van der Waals surface area contributed by atoms with Crippen molar-refractivity contribution in [3.63, 3.8) is 0 Å². The molecule has 0 saturated heterocycles. The number of nitrogens with two attached hydrogens (primary N) is 1. The van der Waals surface area contributed by atoms with Crippen LogP contribution in [0.4, 0.5) is 5.69 Å². The van der Waals surface area contributed by atoms with E-state index in [1.165, 1.54) is 23.1 Å². The molecule has 1 heterocycles. The molecule has 0 aliphatic carbocycles. The van der Waals surface area contributed by atoms with Gasteiger partial charge in [-0.25, -0.2) is 0 Å². The molecule has 0 atom stereocenters. The van der Waals surface area contributed by atoms with E-state index in [0.29, 0.717) is 22.4 Å². The second-order valence-electron chi connectivity index (χ2n) is 1.98. The molecule has 2 N–H and O–H groups in total. The molecule has 1 aromatic heterocycles. The van der Waals surface area contributed by atoms with E-state index in [2.05, 4.69) is 0 Å². The second-order valence-corrected chi connectivity index (χ2v) is 4.10. The van der Waals surface area contributed by atoms with Crippen LogP contribution in [0.1, 0.15) is 15.2 Å². The number of carbonyl (C=O) groups is 1. The molecule has 1 rings (SSSR count). The Morgan fingerprint density at radius 2 is 2.42 bits per heavy atom. The standard InChI is InChI=1S/C7H6N2OS2/c1-11-7-4(2-8)6(9)5(3-10)12-7/h3H,9H2,1H3. The fourth-order valence-electron chi connectivity index (χ4n) is 0.776. The Balaban J connectivity index is 3.34. The van der Waals surface area contributed by atoms with Gasteiger partial charge in [0, 0.05) is 0 Å². The summed E-state index contributed by atoms with van der Waals surface area (Å²) in [5.74, 6) is 0. The Morgan fingerprint density at radius 1 is 1.75 bits per heavy atom.